The molecule has 0 aliphatic heterocycles. The predicted octanol–water partition coefficient (Wildman–Crippen LogP) is 7.93. The van der Waals surface area contributed by atoms with Crippen LogP contribution in [0.5, 0.6) is 0 Å². The number of hydrogen-bond donors (Lipinski definition) is 0. The molecule has 0 unspecified atom stereocenters. The zero-order valence-corrected chi connectivity index (χ0v) is 29.5. The molecule has 0 atom stereocenters. The van der Waals surface area contributed by atoms with Crippen molar-refractivity contribution in [2.24, 2.45) is 0 Å². The van der Waals surface area contributed by atoms with Crippen LogP contribution in [-0.2, 0) is 18.8 Å². The third kappa shape index (κ3) is 7.19. The van der Waals surface area contributed by atoms with Gasteiger partial charge in [-0.25, -0.2) is 4.98 Å². The Bertz CT molecular complexity index is 1770. The first kappa shape index (κ1) is 32.5. The van der Waals surface area contributed by atoms with Gasteiger partial charge in [-0.05, 0) is 89.1 Å². The minimum absolute atomic E-state index is 0.140. The molecule has 0 aliphatic carbocycles. The summed E-state index contributed by atoms with van der Waals surface area (Å²) in [5.41, 5.74) is 17.6. The maximum atomic E-state index is 4.95. The Morgan fingerprint density at radius 3 is 1.29 bits per heavy atom. The van der Waals surface area contributed by atoms with Crippen LogP contribution in [0, 0.1) is 41.5 Å². The van der Waals surface area contributed by atoms with Gasteiger partial charge in [0.25, 0.3) is 0 Å². The molecule has 3 aromatic heterocycles. The zero-order valence-electron chi connectivity index (χ0n) is 26.5. The van der Waals surface area contributed by atoms with Gasteiger partial charge in [-0.2, -0.15) is 0 Å². The summed E-state index contributed by atoms with van der Waals surface area (Å²) in [6.45, 7) is 13.5. The van der Waals surface area contributed by atoms with E-state index in [4.69, 9.17) is 4.98 Å². The van der Waals surface area contributed by atoms with E-state index in [2.05, 4.69) is 122 Å². The molecule has 0 aliphatic rings. The molecule has 0 saturated carbocycles. The second-order valence-corrected chi connectivity index (χ2v) is 11.7. The number of benzene rings is 3. The molecular weight excluding hydrogens is 752 g/mol. The van der Waals surface area contributed by atoms with Crippen molar-refractivity contribution in [3.8, 4) is 33.9 Å². The molecular formula is C39H36BClN3Pt. The molecule has 0 bridgehead atoms. The minimum atomic E-state index is 0.140. The fourth-order valence-corrected chi connectivity index (χ4v) is 6.63. The van der Waals surface area contributed by atoms with E-state index in [1.807, 2.05) is 48.8 Å². The van der Waals surface area contributed by atoms with Gasteiger partial charge in [0.1, 0.15) is 0 Å². The standard InChI is InChI=1S/C39H36BN3.ClH.Pt/c1-25-19-27(3)38(28(4)20-25)40(39-29(5)21-26(2)22-30(39)6)33-15-13-31(14-16-33)32-23-36(34-11-7-9-17-41-34)43-37(24-32)35-12-8-10-18-42-35;;/h7-24H,1-6H3;1H;/q;;+1/p-1. The summed E-state index contributed by atoms with van der Waals surface area (Å²) >= 11 is 1.61. The van der Waals surface area contributed by atoms with Crippen LogP contribution in [0.15, 0.2) is 109 Å². The van der Waals surface area contributed by atoms with Crippen LogP contribution in [0.1, 0.15) is 33.4 Å². The second kappa shape index (κ2) is 14.5. The molecule has 45 heavy (non-hydrogen) atoms. The Balaban J connectivity index is 0.00000196. The van der Waals surface area contributed by atoms with Gasteiger partial charge in [0.05, 0.1) is 22.8 Å². The van der Waals surface area contributed by atoms with Gasteiger partial charge >= 0.3 is 28.2 Å². The van der Waals surface area contributed by atoms with E-state index in [9.17, 15) is 0 Å². The molecule has 3 heterocycles. The number of halogens is 1. The van der Waals surface area contributed by atoms with E-state index in [-0.39, 0.29) is 6.71 Å². The first-order chi connectivity index (χ1) is 21.8. The van der Waals surface area contributed by atoms with E-state index >= 15 is 0 Å². The Morgan fingerprint density at radius 1 is 0.489 bits per heavy atom. The average molecular weight is 788 g/mol. The fraction of sp³-hybridized carbons (Fsp3) is 0.154. The van der Waals surface area contributed by atoms with E-state index in [1.165, 1.54) is 49.8 Å². The molecule has 227 valence electrons. The molecule has 3 aromatic carbocycles. The van der Waals surface area contributed by atoms with E-state index in [1.54, 1.807) is 18.8 Å². The van der Waals surface area contributed by atoms with Crippen molar-refractivity contribution >= 4 is 32.5 Å². The van der Waals surface area contributed by atoms with Crippen molar-refractivity contribution in [1.29, 1.82) is 0 Å². The molecule has 0 amide bonds. The second-order valence-electron chi connectivity index (χ2n) is 11.7. The quantitative estimate of drug-likeness (QED) is 0.161. The monoisotopic (exact) mass is 787 g/mol. The Labute approximate surface area is 283 Å². The molecule has 6 heteroatoms. The molecule has 0 N–H and O–H groups in total. The van der Waals surface area contributed by atoms with Crippen LogP contribution in [0.3, 0.4) is 0 Å². The SMILES string of the molecule is Cc1cc(C)c(B(c2ccc(-c3cc(-c4ccccn4)nc(-c4ccccn4)c3)cc2)c2c(C)cc(C)cc2C)c(C)c1.[Cl][Pt]. The van der Waals surface area contributed by atoms with E-state index in [0.717, 1.165) is 33.9 Å². The van der Waals surface area contributed by atoms with Crippen molar-refractivity contribution in [2.75, 3.05) is 0 Å². The van der Waals surface area contributed by atoms with Gasteiger partial charge in [-0.3, -0.25) is 9.97 Å². The molecule has 0 saturated heterocycles. The van der Waals surface area contributed by atoms with Crippen LogP contribution in [-0.4, -0.2) is 21.7 Å². The fourth-order valence-electron chi connectivity index (χ4n) is 6.63. The van der Waals surface area contributed by atoms with Gasteiger partial charge in [-0.1, -0.05) is 110 Å². The normalized spacial score (nSPS) is 10.7. The van der Waals surface area contributed by atoms with E-state index < -0.39 is 0 Å². The maximum absolute atomic E-state index is 4.95. The molecule has 0 fully saturated rings. The van der Waals surface area contributed by atoms with Crippen molar-refractivity contribution in [3.63, 3.8) is 0 Å². The summed E-state index contributed by atoms with van der Waals surface area (Å²) in [5, 5.41) is 0. The number of aryl methyl sites for hydroxylation is 6. The van der Waals surface area contributed by atoms with Crippen LogP contribution in [0.2, 0.25) is 0 Å². The van der Waals surface area contributed by atoms with Gasteiger partial charge < -0.3 is 0 Å². The molecule has 0 spiro atoms. The van der Waals surface area contributed by atoms with Gasteiger partial charge in [0, 0.05) is 12.4 Å². The summed E-state index contributed by atoms with van der Waals surface area (Å²) < 4.78 is 0. The summed E-state index contributed by atoms with van der Waals surface area (Å²) in [6, 6.07) is 34.5. The number of hydrogen-bond acceptors (Lipinski definition) is 3. The first-order valence-electron chi connectivity index (χ1n) is 15.0. The Kier molecular flexibility index (Phi) is 10.5. The van der Waals surface area contributed by atoms with Crippen molar-refractivity contribution in [1.82, 2.24) is 15.0 Å². The van der Waals surface area contributed by atoms with Crippen LogP contribution >= 0.6 is 9.42 Å². The summed E-state index contributed by atoms with van der Waals surface area (Å²) in [4.78, 5) is 14.1. The number of aromatic nitrogens is 3. The predicted molar refractivity (Wildman–Crippen MR) is 188 cm³/mol. The molecule has 3 nitrogen and oxygen atoms in total. The van der Waals surface area contributed by atoms with Crippen molar-refractivity contribution in [2.45, 2.75) is 41.5 Å². The number of nitrogens with zero attached hydrogens (tertiary/aromatic N) is 3. The van der Waals surface area contributed by atoms with Crippen LogP contribution < -0.4 is 16.4 Å². The first-order valence-corrected chi connectivity index (χ1v) is 17.8. The third-order valence-electron chi connectivity index (χ3n) is 8.31. The zero-order chi connectivity index (χ0) is 32.1. The summed E-state index contributed by atoms with van der Waals surface area (Å²) in [6.07, 6.45) is 3.62. The molecule has 6 aromatic rings. The third-order valence-corrected chi connectivity index (χ3v) is 8.31. The van der Waals surface area contributed by atoms with Gasteiger partial charge in [0.2, 0.25) is 6.71 Å². The average Bonchev–Trinajstić information content (AvgIpc) is 3.05. The number of pyridine rings is 3. The summed E-state index contributed by atoms with van der Waals surface area (Å²) in [7, 11) is 4.61. The molecule has 0 radical (unpaired) electrons. The number of rotatable bonds is 6. The van der Waals surface area contributed by atoms with Crippen molar-refractivity contribution < 1.29 is 18.8 Å². The topological polar surface area (TPSA) is 38.7 Å². The van der Waals surface area contributed by atoms with Crippen molar-refractivity contribution in [3.05, 3.63) is 143 Å². The van der Waals surface area contributed by atoms with Crippen LogP contribution in [0.4, 0.5) is 0 Å². The van der Waals surface area contributed by atoms with E-state index in [0.29, 0.717) is 0 Å². The molecule has 6 rings (SSSR count). The Morgan fingerprint density at radius 2 is 0.911 bits per heavy atom. The Hall–Kier alpha value is -3.85. The summed E-state index contributed by atoms with van der Waals surface area (Å²) in [5.74, 6) is 0. The van der Waals surface area contributed by atoms with Crippen LogP contribution in [0.25, 0.3) is 33.9 Å². The van der Waals surface area contributed by atoms with Gasteiger partial charge in [-0.15, -0.1) is 0 Å². The van der Waals surface area contributed by atoms with Gasteiger partial charge in [0.15, 0.2) is 0 Å².